The summed E-state index contributed by atoms with van der Waals surface area (Å²) in [5.74, 6) is -1.74. The quantitative estimate of drug-likeness (QED) is 0.208. The van der Waals surface area contributed by atoms with Crippen LogP contribution in [0.1, 0.15) is 17.5 Å². The summed E-state index contributed by atoms with van der Waals surface area (Å²) in [6, 6.07) is 7.94. The van der Waals surface area contributed by atoms with Crippen LogP contribution in [0.15, 0.2) is 55.0 Å². The molecule has 4 N–H and O–H groups in total. The lowest BCUT2D eigenvalue weighted by Crippen LogP contribution is -2.52. The highest BCUT2D eigenvalue weighted by Crippen LogP contribution is 2.33. The number of benzene rings is 2. The Bertz CT molecular complexity index is 1400. The van der Waals surface area contributed by atoms with Crippen molar-refractivity contribution in [3.63, 3.8) is 0 Å². The first kappa shape index (κ1) is 26.4. The van der Waals surface area contributed by atoms with Gasteiger partial charge in [0.15, 0.2) is 5.82 Å². The van der Waals surface area contributed by atoms with Crippen molar-refractivity contribution in [3.8, 4) is 11.1 Å². The summed E-state index contributed by atoms with van der Waals surface area (Å²) < 4.78 is 53.1. The minimum absolute atomic E-state index is 0.0493. The van der Waals surface area contributed by atoms with Gasteiger partial charge in [-0.3, -0.25) is 10.1 Å². The largest absolute Gasteiger partial charge is 0.419 e. The number of alkyl halides is 3. The van der Waals surface area contributed by atoms with Crippen molar-refractivity contribution >= 4 is 34.6 Å². The van der Waals surface area contributed by atoms with Gasteiger partial charge in [-0.1, -0.05) is 12.1 Å². The molecule has 8 nitrogen and oxygen atoms in total. The number of H-pyrrole nitrogens is 1. The maximum absolute atomic E-state index is 13.7. The van der Waals surface area contributed by atoms with Gasteiger partial charge in [0.25, 0.3) is 0 Å². The zero-order chi connectivity index (χ0) is 26.6. The molecule has 13 heteroatoms. The van der Waals surface area contributed by atoms with Crippen LogP contribution in [-0.2, 0) is 22.2 Å². The van der Waals surface area contributed by atoms with Gasteiger partial charge >= 0.3 is 12.1 Å². The van der Waals surface area contributed by atoms with E-state index in [1.807, 2.05) is 12.1 Å². The Labute approximate surface area is 213 Å². The number of halogens is 4. The van der Waals surface area contributed by atoms with E-state index >= 15 is 0 Å². The Morgan fingerprint density at radius 2 is 1.95 bits per heavy atom. The number of carbonyl (C=O) groups excluding carboxylic acids is 1. The molecule has 0 saturated carbocycles. The van der Waals surface area contributed by atoms with E-state index < -0.39 is 29.1 Å². The third kappa shape index (κ3) is 6.17. The highest BCUT2D eigenvalue weighted by Gasteiger charge is 2.38. The molecule has 1 unspecified atom stereocenters. The highest BCUT2D eigenvalue weighted by molar-refractivity contribution is 7.98. The van der Waals surface area contributed by atoms with Crippen LogP contribution in [0.5, 0.6) is 0 Å². The van der Waals surface area contributed by atoms with Gasteiger partial charge in [0.2, 0.25) is 0 Å². The Hall–Kier alpha value is -3.71. The fourth-order valence-corrected chi connectivity index (χ4v) is 4.23. The molecule has 0 saturated heterocycles. The van der Waals surface area contributed by atoms with Crippen LogP contribution in [0.4, 0.5) is 23.4 Å². The van der Waals surface area contributed by atoms with Crippen molar-refractivity contribution in [1.82, 2.24) is 20.2 Å². The molecular formula is C24H22F4N6O2S. The lowest BCUT2D eigenvalue weighted by molar-refractivity contribution is -0.147. The van der Waals surface area contributed by atoms with E-state index in [2.05, 4.69) is 25.6 Å². The van der Waals surface area contributed by atoms with Gasteiger partial charge in [-0.25, -0.2) is 14.2 Å². The number of nitrogens with zero attached hydrogens (tertiary/aromatic N) is 3. The van der Waals surface area contributed by atoms with Gasteiger partial charge in [0.1, 0.15) is 11.4 Å². The third-order valence-electron chi connectivity index (χ3n) is 5.64. The van der Waals surface area contributed by atoms with E-state index in [4.69, 9.17) is 10.6 Å². The van der Waals surface area contributed by atoms with Gasteiger partial charge in [-0.2, -0.15) is 35.5 Å². The maximum Gasteiger partial charge on any atom is 0.419 e. The average Bonchev–Trinajstić information content (AvgIpc) is 3.41. The Kier molecular flexibility index (Phi) is 7.64. The van der Waals surface area contributed by atoms with Crippen LogP contribution >= 0.6 is 11.8 Å². The molecule has 0 bridgehead atoms. The monoisotopic (exact) mass is 534 g/mol. The molecule has 0 amide bonds. The molecule has 1 atom stereocenters. The fraction of sp³-hybridized carbons (Fsp3) is 0.250. The second kappa shape index (κ2) is 10.7. The van der Waals surface area contributed by atoms with Gasteiger partial charge in [-0.05, 0) is 53.8 Å². The zero-order valence-corrected chi connectivity index (χ0v) is 20.3. The van der Waals surface area contributed by atoms with Crippen LogP contribution < -0.4 is 11.2 Å². The summed E-state index contributed by atoms with van der Waals surface area (Å²) in [5, 5.41) is 6.66. The summed E-state index contributed by atoms with van der Waals surface area (Å²) in [6.45, 7) is 0. The second-order valence-corrected chi connectivity index (χ2v) is 9.31. The molecule has 4 aromatic rings. The highest BCUT2D eigenvalue weighted by atomic mass is 32.2. The summed E-state index contributed by atoms with van der Waals surface area (Å²) >= 11 is 1.41. The lowest BCUT2D eigenvalue weighted by Gasteiger charge is -2.27. The molecule has 2 aromatic carbocycles. The zero-order valence-electron chi connectivity index (χ0n) is 19.5. The van der Waals surface area contributed by atoms with Crippen molar-refractivity contribution in [2.45, 2.75) is 24.6 Å². The molecule has 4 rings (SSSR count). The Morgan fingerprint density at radius 1 is 1.14 bits per heavy atom. The van der Waals surface area contributed by atoms with Crippen LogP contribution in [0, 0.1) is 5.82 Å². The van der Waals surface area contributed by atoms with E-state index in [0.29, 0.717) is 28.9 Å². The van der Waals surface area contributed by atoms with Crippen molar-refractivity contribution in [3.05, 3.63) is 71.9 Å². The molecular weight excluding hydrogens is 512 g/mol. The molecule has 2 aromatic heterocycles. The van der Waals surface area contributed by atoms with Crippen LogP contribution in [0.25, 0.3) is 22.2 Å². The topological polar surface area (TPSA) is 119 Å². The lowest BCUT2D eigenvalue weighted by atomic mass is 9.88. The number of fused-ring (bicyclic) bond motifs is 1. The molecule has 0 aliphatic heterocycles. The first-order valence-corrected chi connectivity index (χ1v) is 12.4. The van der Waals surface area contributed by atoms with E-state index in [-0.39, 0.29) is 24.2 Å². The van der Waals surface area contributed by atoms with Gasteiger partial charge in [0.05, 0.1) is 29.0 Å². The summed E-state index contributed by atoms with van der Waals surface area (Å²) in [5.41, 5.74) is 8.59. The van der Waals surface area contributed by atoms with E-state index in [1.165, 1.54) is 24.0 Å². The van der Waals surface area contributed by atoms with E-state index in [0.717, 1.165) is 11.1 Å². The van der Waals surface area contributed by atoms with Gasteiger partial charge in [0, 0.05) is 18.2 Å². The number of thioether (sulfide) groups is 1. The molecule has 2 heterocycles. The molecule has 0 aliphatic carbocycles. The van der Waals surface area contributed by atoms with E-state index in [1.54, 1.807) is 24.7 Å². The van der Waals surface area contributed by atoms with Crippen molar-refractivity contribution in [2.24, 2.45) is 5.73 Å². The number of anilines is 1. The SMILES string of the molecule is CSCCC(N)(Cc1ccc(F)c(C(F)(F)F)c1)C(=O)ONc1cnc2cc(-c3cn[nH]c3)ccc2n1. The number of aromatic nitrogens is 4. The molecule has 0 radical (unpaired) electrons. The smallest absolute Gasteiger partial charge is 0.340 e. The number of hydrogen-bond acceptors (Lipinski definition) is 8. The first-order chi connectivity index (χ1) is 17.6. The van der Waals surface area contributed by atoms with Gasteiger partial charge in [-0.15, -0.1) is 0 Å². The first-order valence-electron chi connectivity index (χ1n) is 11.0. The van der Waals surface area contributed by atoms with Crippen molar-refractivity contribution in [2.75, 3.05) is 17.5 Å². The summed E-state index contributed by atoms with van der Waals surface area (Å²) in [7, 11) is 0. The predicted octanol–water partition coefficient (Wildman–Crippen LogP) is 4.74. The van der Waals surface area contributed by atoms with E-state index in [9.17, 15) is 22.4 Å². The van der Waals surface area contributed by atoms with Crippen LogP contribution in [-0.4, -0.2) is 43.7 Å². The maximum atomic E-state index is 13.7. The standard InChI is InChI=1S/C24H22F4N6O2S/c1-37-7-6-23(29,10-14-2-4-18(25)17(8-14)24(26,27)28)22(35)36-34-21-13-30-20-9-15(3-5-19(20)33-21)16-11-31-32-12-16/h2-5,8-9,11-13H,6-7,10,29H2,1H3,(H,31,32)(H,33,34). The number of rotatable bonds is 9. The normalized spacial score (nSPS) is 13.4. The molecule has 0 fully saturated rings. The summed E-state index contributed by atoms with van der Waals surface area (Å²) in [6.07, 6.45) is 1.51. The average molecular weight is 535 g/mol. The number of aromatic amines is 1. The number of nitrogens with one attached hydrogen (secondary N) is 2. The van der Waals surface area contributed by atoms with Crippen molar-refractivity contribution < 1.29 is 27.2 Å². The molecule has 194 valence electrons. The van der Waals surface area contributed by atoms with Crippen LogP contribution in [0.3, 0.4) is 0 Å². The Balaban J connectivity index is 1.49. The van der Waals surface area contributed by atoms with Crippen molar-refractivity contribution in [1.29, 1.82) is 0 Å². The Morgan fingerprint density at radius 3 is 2.65 bits per heavy atom. The number of nitrogens with two attached hydrogens (primary N) is 1. The molecule has 37 heavy (non-hydrogen) atoms. The predicted molar refractivity (Wildman–Crippen MR) is 132 cm³/mol. The summed E-state index contributed by atoms with van der Waals surface area (Å²) in [4.78, 5) is 26.8. The second-order valence-electron chi connectivity index (χ2n) is 8.32. The third-order valence-corrected chi connectivity index (χ3v) is 6.25. The number of carbonyl (C=O) groups is 1. The minimum atomic E-state index is -4.88. The molecule has 0 aliphatic rings. The minimum Gasteiger partial charge on any atom is -0.340 e. The van der Waals surface area contributed by atoms with Gasteiger partial charge < -0.3 is 10.6 Å². The molecule has 0 spiro atoms. The van der Waals surface area contributed by atoms with Crippen LogP contribution in [0.2, 0.25) is 0 Å². The fourth-order valence-electron chi connectivity index (χ4n) is 3.66. The number of hydrogen-bond donors (Lipinski definition) is 3.